The van der Waals surface area contributed by atoms with E-state index in [2.05, 4.69) is 50.7 Å². The van der Waals surface area contributed by atoms with E-state index < -0.39 is 6.04 Å². The number of hydrogen-bond acceptors (Lipinski definition) is 4. The van der Waals surface area contributed by atoms with Crippen molar-refractivity contribution in [3.63, 3.8) is 0 Å². The van der Waals surface area contributed by atoms with Gasteiger partial charge >= 0.3 is 0 Å². The van der Waals surface area contributed by atoms with Crippen LogP contribution >= 0.6 is 0 Å². The van der Waals surface area contributed by atoms with Crippen molar-refractivity contribution in [2.24, 2.45) is 0 Å². The molecule has 0 saturated carbocycles. The lowest BCUT2D eigenvalue weighted by Gasteiger charge is -2.36. The summed E-state index contributed by atoms with van der Waals surface area (Å²) in [5.41, 5.74) is 4.85. The van der Waals surface area contributed by atoms with Gasteiger partial charge in [0.05, 0.1) is 29.6 Å². The fourth-order valence-electron chi connectivity index (χ4n) is 3.89. The second-order valence-electron chi connectivity index (χ2n) is 7.86. The summed E-state index contributed by atoms with van der Waals surface area (Å²) >= 11 is 0. The number of benzene rings is 1. The lowest BCUT2D eigenvalue weighted by atomic mass is 9.99. The number of imidazole rings is 1. The predicted molar refractivity (Wildman–Crippen MR) is 114 cm³/mol. The average molecular weight is 390 g/mol. The molecule has 2 aromatic heterocycles. The zero-order valence-electron chi connectivity index (χ0n) is 17.2. The fraction of sp³-hybridized carbons (Fsp3) is 0.348. The van der Waals surface area contributed by atoms with Gasteiger partial charge in [-0.2, -0.15) is 0 Å². The molecule has 0 unspecified atom stereocenters. The van der Waals surface area contributed by atoms with Crippen LogP contribution in [0.25, 0.3) is 0 Å². The van der Waals surface area contributed by atoms with Crippen LogP contribution in [0.4, 0.5) is 5.69 Å². The highest BCUT2D eigenvalue weighted by Gasteiger charge is 2.37. The Hall–Kier alpha value is -2.99. The monoisotopic (exact) mass is 389 g/mol. The number of carbonyl (C=O) groups excluding carboxylic acids is 1. The number of pyridine rings is 1. The number of nitrogens with zero attached hydrogens (tertiary/aromatic N) is 4. The first kappa shape index (κ1) is 19.3. The molecule has 0 radical (unpaired) electrons. The largest absolute Gasteiger partial charge is 0.330 e. The van der Waals surface area contributed by atoms with E-state index in [0.717, 1.165) is 30.0 Å². The van der Waals surface area contributed by atoms with E-state index in [1.165, 1.54) is 5.56 Å². The maximum absolute atomic E-state index is 13.5. The van der Waals surface area contributed by atoms with Gasteiger partial charge in [0, 0.05) is 31.2 Å². The van der Waals surface area contributed by atoms with Gasteiger partial charge in [0.1, 0.15) is 6.04 Å². The quantitative estimate of drug-likeness (QED) is 0.719. The van der Waals surface area contributed by atoms with Crippen molar-refractivity contribution in [2.45, 2.75) is 45.8 Å². The van der Waals surface area contributed by atoms with Crippen molar-refractivity contribution in [3.8, 4) is 0 Å². The summed E-state index contributed by atoms with van der Waals surface area (Å²) in [6.07, 6.45) is 4.42. The molecule has 6 heteroatoms. The molecule has 150 valence electrons. The molecular formula is C23H27N5O. The topological polar surface area (TPSA) is 63.1 Å². The molecule has 0 bridgehead atoms. The molecule has 29 heavy (non-hydrogen) atoms. The van der Waals surface area contributed by atoms with Gasteiger partial charge in [-0.1, -0.05) is 30.3 Å². The number of amides is 1. The Morgan fingerprint density at radius 3 is 2.66 bits per heavy atom. The second-order valence-corrected chi connectivity index (χ2v) is 7.86. The molecule has 0 saturated heterocycles. The van der Waals surface area contributed by atoms with Gasteiger partial charge in [-0.3, -0.25) is 14.7 Å². The van der Waals surface area contributed by atoms with Gasteiger partial charge in [0.15, 0.2) is 0 Å². The number of aryl methyl sites for hydroxylation is 1. The Morgan fingerprint density at radius 2 is 1.97 bits per heavy atom. The van der Waals surface area contributed by atoms with Crippen LogP contribution in [0.3, 0.4) is 0 Å². The molecule has 1 aliphatic heterocycles. The predicted octanol–water partition coefficient (Wildman–Crippen LogP) is 3.91. The minimum Gasteiger partial charge on any atom is -0.330 e. The number of aromatic nitrogens is 3. The number of hydrogen-bond donors (Lipinski definition) is 1. The first-order valence-electron chi connectivity index (χ1n) is 10.1. The van der Waals surface area contributed by atoms with Crippen LogP contribution in [0.15, 0.2) is 55.0 Å². The highest BCUT2D eigenvalue weighted by molar-refractivity contribution is 5.95. The molecule has 1 aromatic carbocycles. The van der Waals surface area contributed by atoms with Crippen molar-refractivity contribution in [2.75, 3.05) is 11.9 Å². The number of fused-ring (bicyclic) bond motifs is 1. The number of anilines is 1. The van der Waals surface area contributed by atoms with Gasteiger partial charge in [-0.05, 0) is 38.5 Å². The summed E-state index contributed by atoms with van der Waals surface area (Å²) in [6, 6.07) is 13.9. The molecule has 4 rings (SSSR count). The van der Waals surface area contributed by atoms with Crippen LogP contribution in [0.1, 0.15) is 48.6 Å². The molecule has 1 N–H and O–H groups in total. The maximum atomic E-state index is 13.5. The van der Waals surface area contributed by atoms with Gasteiger partial charge in [-0.25, -0.2) is 4.98 Å². The van der Waals surface area contributed by atoms with Gasteiger partial charge in [-0.15, -0.1) is 0 Å². The van der Waals surface area contributed by atoms with Crippen LogP contribution in [-0.4, -0.2) is 31.9 Å². The summed E-state index contributed by atoms with van der Waals surface area (Å²) < 4.78 is 2.13. The van der Waals surface area contributed by atoms with Crippen LogP contribution in [0, 0.1) is 6.92 Å². The van der Waals surface area contributed by atoms with E-state index in [4.69, 9.17) is 0 Å². The Balaban J connectivity index is 1.68. The highest BCUT2D eigenvalue weighted by atomic mass is 16.2. The fourth-order valence-corrected chi connectivity index (χ4v) is 3.89. The van der Waals surface area contributed by atoms with Crippen LogP contribution in [-0.2, 0) is 17.8 Å². The molecule has 0 aliphatic carbocycles. The van der Waals surface area contributed by atoms with E-state index in [1.54, 1.807) is 6.20 Å². The van der Waals surface area contributed by atoms with E-state index in [1.807, 2.05) is 43.6 Å². The molecule has 3 heterocycles. The first-order valence-corrected chi connectivity index (χ1v) is 10.1. The zero-order valence-corrected chi connectivity index (χ0v) is 17.2. The van der Waals surface area contributed by atoms with Crippen molar-refractivity contribution in [3.05, 3.63) is 77.6 Å². The molecule has 1 amide bonds. The number of nitrogens with one attached hydrogen (secondary N) is 1. The van der Waals surface area contributed by atoms with E-state index >= 15 is 0 Å². The minimum atomic E-state index is -0.398. The number of rotatable bonds is 5. The molecule has 1 aliphatic rings. The molecule has 0 spiro atoms. The highest BCUT2D eigenvalue weighted by Crippen LogP contribution is 2.33. The standard InChI is InChI=1S/C23H27N5O/c1-16(2)28-15-25-20-11-12-27(14-18-7-5-4-6-8-18)22(21(20)28)23(29)26-19-10-9-17(3)24-13-19/h4-10,13,15-16,22H,11-12,14H2,1-3H3,(H,26,29)/t22-/m1/s1. The molecule has 6 nitrogen and oxygen atoms in total. The second kappa shape index (κ2) is 8.17. The van der Waals surface area contributed by atoms with Crippen molar-refractivity contribution < 1.29 is 4.79 Å². The van der Waals surface area contributed by atoms with Crippen LogP contribution < -0.4 is 5.32 Å². The van der Waals surface area contributed by atoms with E-state index in [-0.39, 0.29) is 11.9 Å². The Morgan fingerprint density at radius 1 is 1.17 bits per heavy atom. The minimum absolute atomic E-state index is 0.0464. The Labute approximate surface area is 171 Å². The SMILES string of the molecule is Cc1ccc(NC(=O)[C@H]2c3c(ncn3C(C)C)CCN2Cc2ccccc2)cn1. The summed E-state index contributed by atoms with van der Waals surface area (Å²) in [6.45, 7) is 7.69. The normalized spacial score (nSPS) is 16.6. The summed E-state index contributed by atoms with van der Waals surface area (Å²) in [5, 5.41) is 3.07. The van der Waals surface area contributed by atoms with Crippen molar-refractivity contribution >= 4 is 11.6 Å². The Kier molecular flexibility index (Phi) is 5.45. The lowest BCUT2D eigenvalue weighted by Crippen LogP contribution is -2.42. The third-order valence-corrected chi connectivity index (χ3v) is 5.38. The van der Waals surface area contributed by atoms with Crippen molar-refractivity contribution in [1.29, 1.82) is 0 Å². The maximum Gasteiger partial charge on any atom is 0.248 e. The third-order valence-electron chi connectivity index (χ3n) is 5.38. The van der Waals surface area contributed by atoms with Gasteiger partial charge in [0.2, 0.25) is 5.91 Å². The summed E-state index contributed by atoms with van der Waals surface area (Å²) in [5.74, 6) is -0.0464. The van der Waals surface area contributed by atoms with Crippen molar-refractivity contribution in [1.82, 2.24) is 19.4 Å². The van der Waals surface area contributed by atoms with Gasteiger partial charge < -0.3 is 9.88 Å². The van der Waals surface area contributed by atoms with E-state index in [0.29, 0.717) is 12.2 Å². The van der Waals surface area contributed by atoms with Crippen LogP contribution in [0.2, 0.25) is 0 Å². The lowest BCUT2D eigenvalue weighted by molar-refractivity contribution is -0.122. The average Bonchev–Trinajstić information content (AvgIpc) is 3.14. The van der Waals surface area contributed by atoms with E-state index in [9.17, 15) is 4.79 Å². The van der Waals surface area contributed by atoms with Crippen LogP contribution in [0.5, 0.6) is 0 Å². The molecule has 1 atom stereocenters. The molecule has 3 aromatic rings. The third kappa shape index (κ3) is 4.07. The molecule has 0 fully saturated rings. The zero-order chi connectivity index (χ0) is 20.4. The molecular weight excluding hydrogens is 362 g/mol. The first-order chi connectivity index (χ1) is 14.0. The Bertz CT molecular complexity index is 978. The number of carbonyl (C=O) groups is 1. The van der Waals surface area contributed by atoms with Gasteiger partial charge in [0.25, 0.3) is 0 Å². The summed E-state index contributed by atoms with van der Waals surface area (Å²) in [4.78, 5) is 24.6. The smallest absolute Gasteiger partial charge is 0.248 e. The summed E-state index contributed by atoms with van der Waals surface area (Å²) in [7, 11) is 0.